The molecule has 25 heavy (non-hydrogen) atoms. The first-order valence-electron chi connectivity index (χ1n) is 7.32. The highest BCUT2D eigenvalue weighted by Gasteiger charge is 2.08. The van der Waals surface area contributed by atoms with Crippen LogP contribution in [0.15, 0.2) is 57.0 Å². The molecule has 0 atom stereocenters. The first-order chi connectivity index (χ1) is 11.9. The lowest BCUT2D eigenvalue weighted by Crippen LogP contribution is -2.18. The summed E-state index contributed by atoms with van der Waals surface area (Å²) in [5.74, 6) is -1.15. The van der Waals surface area contributed by atoms with E-state index in [0.717, 1.165) is 11.6 Å². The molecule has 0 unspecified atom stereocenters. The molecule has 1 amide bonds. The molecule has 126 valence electrons. The van der Waals surface area contributed by atoms with E-state index in [1.807, 2.05) is 13.0 Å². The molecule has 1 aromatic heterocycles. The number of hydrogen-bond acceptors (Lipinski definition) is 6. The number of rotatable bonds is 3. The highest BCUT2D eigenvalue weighted by molar-refractivity contribution is 5.95. The van der Waals surface area contributed by atoms with E-state index in [4.69, 9.17) is 4.42 Å². The van der Waals surface area contributed by atoms with E-state index in [1.54, 1.807) is 12.1 Å². The zero-order valence-corrected chi connectivity index (χ0v) is 13.2. The SMILES string of the molecule is Cc1ccc2occ(/C=N/NC(=O)c3cc(O)cc(O)c3)c(=O)c2c1. The van der Waals surface area contributed by atoms with Crippen LogP contribution in [0.4, 0.5) is 0 Å². The molecule has 0 aliphatic rings. The largest absolute Gasteiger partial charge is 0.508 e. The van der Waals surface area contributed by atoms with Gasteiger partial charge in [0.1, 0.15) is 23.3 Å². The minimum Gasteiger partial charge on any atom is -0.508 e. The monoisotopic (exact) mass is 338 g/mol. The Hall–Kier alpha value is -3.61. The van der Waals surface area contributed by atoms with Crippen molar-refractivity contribution in [2.45, 2.75) is 6.92 Å². The van der Waals surface area contributed by atoms with Gasteiger partial charge in [0, 0.05) is 11.6 Å². The molecular weight excluding hydrogens is 324 g/mol. The lowest BCUT2D eigenvalue weighted by Gasteiger charge is -2.02. The minimum atomic E-state index is -0.650. The molecule has 0 bridgehead atoms. The number of carbonyl (C=O) groups is 1. The van der Waals surface area contributed by atoms with Gasteiger partial charge in [-0.2, -0.15) is 5.10 Å². The molecule has 2 aromatic carbocycles. The molecule has 0 aliphatic carbocycles. The third-order valence-corrected chi connectivity index (χ3v) is 3.49. The molecule has 0 fully saturated rings. The number of benzene rings is 2. The van der Waals surface area contributed by atoms with Crippen molar-refractivity contribution in [3.8, 4) is 11.5 Å². The predicted molar refractivity (Wildman–Crippen MR) is 92.1 cm³/mol. The third kappa shape index (κ3) is 3.50. The maximum absolute atomic E-state index is 12.4. The van der Waals surface area contributed by atoms with Crippen molar-refractivity contribution in [3.05, 3.63) is 69.6 Å². The van der Waals surface area contributed by atoms with Crippen LogP contribution in [0, 0.1) is 6.92 Å². The number of hydrazone groups is 1. The van der Waals surface area contributed by atoms with Gasteiger partial charge in [0.2, 0.25) is 5.43 Å². The van der Waals surface area contributed by atoms with Crippen LogP contribution in [-0.4, -0.2) is 22.3 Å². The van der Waals surface area contributed by atoms with E-state index in [1.165, 1.54) is 24.6 Å². The summed E-state index contributed by atoms with van der Waals surface area (Å²) in [6.07, 6.45) is 2.43. The zero-order chi connectivity index (χ0) is 18.0. The molecule has 1 heterocycles. The zero-order valence-electron chi connectivity index (χ0n) is 13.2. The molecule has 0 aliphatic heterocycles. The third-order valence-electron chi connectivity index (χ3n) is 3.49. The number of aryl methyl sites for hydroxylation is 1. The van der Waals surface area contributed by atoms with Crippen molar-refractivity contribution in [1.29, 1.82) is 0 Å². The lowest BCUT2D eigenvalue weighted by molar-refractivity contribution is 0.0954. The second-order valence-corrected chi connectivity index (χ2v) is 5.46. The predicted octanol–water partition coefficient (Wildman–Crippen LogP) is 2.28. The van der Waals surface area contributed by atoms with E-state index in [0.29, 0.717) is 11.0 Å². The first-order valence-corrected chi connectivity index (χ1v) is 7.32. The van der Waals surface area contributed by atoms with Crippen molar-refractivity contribution < 1.29 is 19.4 Å². The average Bonchev–Trinajstić information content (AvgIpc) is 2.56. The summed E-state index contributed by atoms with van der Waals surface area (Å²) in [7, 11) is 0. The van der Waals surface area contributed by atoms with Crippen molar-refractivity contribution in [2.75, 3.05) is 0 Å². The fraction of sp³-hybridized carbons (Fsp3) is 0.0556. The maximum Gasteiger partial charge on any atom is 0.271 e. The van der Waals surface area contributed by atoms with E-state index in [-0.39, 0.29) is 28.1 Å². The first kappa shape index (κ1) is 16.3. The normalized spacial score (nSPS) is 11.1. The maximum atomic E-state index is 12.4. The van der Waals surface area contributed by atoms with Crippen LogP contribution >= 0.6 is 0 Å². The topological polar surface area (TPSA) is 112 Å². The highest BCUT2D eigenvalue weighted by Crippen LogP contribution is 2.20. The Morgan fingerprint density at radius 1 is 1.16 bits per heavy atom. The molecule has 0 radical (unpaired) electrons. The Kier molecular flexibility index (Phi) is 4.21. The number of nitrogens with one attached hydrogen (secondary N) is 1. The number of phenolic OH excluding ortho intramolecular Hbond substituents is 2. The van der Waals surface area contributed by atoms with Crippen LogP contribution in [0.1, 0.15) is 21.5 Å². The van der Waals surface area contributed by atoms with Crippen molar-refractivity contribution in [2.24, 2.45) is 5.10 Å². The van der Waals surface area contributed by atoms with Gasteiger partial charge in [-0.15, -0.1) is 0 Å². The van der Waals surface area contributed by atoms with Crippen molar-refractivity contribution in [1.82, 2.24) is 5.43 Å². The summed E-state index contributed by atoms with van der Waals surface area (Å²) in [4.78, 5) is 24.3. The smallest absolute Gasteiger partial charge is 0.271 e. The van der Waals surface area contributed by atoms with E-state index < -0.39 is 5.91 Å². The summed E-state index contributed by atoms with van der Waals surface area (Å²) in [6, 6.07) is 8.72. The highest BCUT2D eigenvalue weighted by atomic mass is 16.3. The Balaban J connectivity index is 1.82. The van der Waals surface area contributed by atoms with Gasteiger partial charge >= 0.3 is 0 Å². The Labute approximate surface area is 141 Å². The van der Waals surface area contributed by atoms with Gasteiger partial charge in [0.05, 0.1) is 17.2 Å². The van der Waals surface area contributed by atoms with Gasteiger partial charge < -0.3 is 14.6 Å². The van der Waals surface area contributed by atoms with Crippen LogP contribution in [0.2, 0.25) is 0 Å². The van der Waals surface area contributed by atoms with Crippen molar-refractivity contribution >= 4 is 23.1 Å². The molecule has 3 N–H and O–H groups in total. The summed E-state index contributed by atoms with van der Waals surface area (Å²) in [5.41, 5.74) is 3.54. The molecule has 0 saturated heterocycles. The Morgan fingerprint density at radius 3 is 2.60 bits per heavy atom. The van der Waals surface area contributed by atoms with E-state index >= 15 is 0 Å². The molecular formula is C18H14N2O5. The van der Waals surface area contributed by atoms with Gasteiger partial charge in [0.25, 0.3) is 5.91 Å². The summed E-state index contributed by atoms with van der Waals surface area (Å²) < 4.78 is 5.38. The average molecular weight is 338 g/mol. The number of fused-ring (bicyclic) bond motifs is 1. The van der Waals surface area contributed by atoms with E-state index in [9.17, 15) is 19.8 Å². The van der Waals surface area contributed by atoms with Gasteiger partial charge in [0.15, 0.2) is 0 Å². The fourth-order valence-electron chi connectivity index (χ4n) is 2.30. The number of carbonyl (C=O) groups excluding carboxylic acids is 1. The van der Waals surface area contributed by atoms with Crippen LogP contribution in [0.3, 0.4) is 0 Å². The molecule has 7 heteroatoms. The quantitative estimate of drug-likeness (QED) is 0.501. The van der Waals surface area contributed by atoms with Gasteiger partial charge in [-0.25, -0.2) is 5.43 Å². The van der Waals surface area contributed by atoms with E-state index in [2.05, 4.69) is 10.5 Å². The fourth-order valence-corrected chi connectivity index (χ4v) is 2.30. The molecule has 0 spiro atoms. The Morgan fingerprint density at radius 2 is 1.88 bits per heavy atom. The molecule has 3 rings (SSSR count). The summed E-state index contributed by atoms with van der Waals surface area (Å²) in [6.45, 7) is 1.87. The Bertz CT molecular complexity index is 1030. The van der Waals surface area contributed by atoms with Gasteiger partial charge in [-0.3, -0.25) is 9.59 Å². The summed E-state index contributed by atoms with van der Waals surface area (Å²) >= 11 is 0. The lowest BCUT2D eigenvalue weighted by atomic mass is 10.1. The number of amides is 1. The van der Waals surface area contributed by atoms with Crippen LogP contribution in [0.5, 0.6) is 11.5 Å². The molecule has 3 aromatic rings. The minimum absolute atomic E-state index is 0.0239. The second-order valence-electron chi connectivity index (χ2n) is 5.46. The van der Waals surface area contributed by atoms with Gasteiger partial charge in [-0.05, 0) is 31.2 Å². The number of nitrogens with zero attached hydrogens (tertiary/aromatic N) is 1. The van der Waals surface area contributed by atoms with Crippen LogP contribution in [0.25, 0.3) is 11.0 Å². The number of hydrogen-bond donors (Lipinski definition) is 3. The molecule has 7 nitrogen and oxygen atoms in total. The standard InChI is InChI=1S/C18H14N2O5/c1-10-2-3-16-15(4-10)17(23)12(9-25-16)8-19-20-18(24)11-5-13(21)7-14(22)6-11/h2-9,21-22H,1H3,(H,20,24)/b19-8+. The van der Waals surface area contributed by atoms with Crippen LogP contribution < -0.4 is 10.9 Å². The van der Waals surface area contributed by atoms with Gasteiger partial charge in [-0.1, -0.05) is 11.6 Å². The van der Waals surface area contributed by atoms with Crippen molar-refractivity contribution in [3.63, 3.8) is 0 Å². The molecule has 0 saturated carbocycles. The summed E-state index contributed by atoms with van der Waals surface area (Å²) in [5, 5.41) is 22.9. The van der Waals surface area contributed by atoms with Crippen LogP contribution in [-0.2, 0) is 0 Å². The second kappa shape index (κ2) is 6.48. The number of phenols is 2. The number of aromatic hydroxyl groups is 2.